The molecule has 0 aliphatic heterocycles. The summed E-state index contributed by atoms with van der Waals surface area (Å²) in [6.45, 7) is 0. The standard InChI is InChI=1S/C13H8N2O3/c16-15(17)12-8-4-2-6-10(12)13-9-5-1-3-7-11(9)14-18-13/h1-8H. The lowest BCUT2D eigenvalue weighted by Gasteiger charge is -1.98. The maximum absolute atomic E-state index is 11.0. The molecule has 1 heterocycles. The van der Waals surface area contributed by atoms with Crippen LogP contribution in [0.2, 0.25) is 0 Å². The Hall–Kier alpha value is -2.69. The van der Waals surface area contributed by atoms with E-state index in [-0.39, 0.29) is 5.69 Å². The normalized spacial score (nSPS) is 10.7. The van der Waals surface area contributed by atoms with Gasteiger partial charge < -0.3 is 4.52 Å². The van der Waals surface area contributed by atoms with Gasteiger partial charge >= 0.3 is 0 Å². The Bertz CT molecular complexity index is 734. The van der Waals surface area contributed by atoms with Gasteiger partial charge in [-0.3, -0.25) is 10.1 Å². The van der Waals surface area contributed by atoms with Crippen molar-refractivity contribution < 1.29 is 9.45 Å². The van der Waals surface area contributed by atoms with Crippen molar-refractivity contribution in [1.82, 2.24) is 5.16 Å². The molecule has 0 bridgehead atoms. The molecule has 2 aromatic carbocycles. The average molecular weight is 240 g/mol. The van der Waals surface area contributed by atoms with Gasteiger partial charge in [-0.25, -0.2) is 0 Å². The Morgan fingerprint density at radius 1 is 1.06 bits per heavy atom. The number of para-hydroxylation sites is 1. The van der Waals surface area contributed by atoms with E-state index in [1.807, 2.05) is 18.2 Å². The Labute approximate surface area is 102 Å². The van der Waals surface area contributed by atoms with Crippen LogP contribution in [0.3, 0.4) is 0 Å². The molecule has 0 unspecified atom stereocenters. The summed E-state index contributed by atoms with van der Waals surface area (Å²) in [6.07, 6.45) is 0. The number of hydrogen-bond donors (Lipinski definition) is 0. The molecule has 88 valence electrons. The van der Waals surface area contributed by atoms with Crippen LogP contribution in [0.25, 0.3) is 22.2 Å². The van der Waals surface area contributed by atoms with Crippen molar-refractivity contribution in [2.24, 2.45) is 0 Å². The van der Waals surface area contributed by atoms with Crippen molar-refractivity contribution in [3.63, 3.8) is 0 Å². The molecule has 5 nitrogen and oxygen atoms in total. The maximum atomic E-state index is 11.0. The third kappa shape index (κ3) is 1.53. The summed E-state index contributed by atoms with van der Waals surface area (Å²) in [5.74, 6) is 0.429. The van der Waals surface area contributed by atoms with Crippen LogP contribution >= 0.6 is 0 Å². The van der Waals surface area contributed by atoms with Crippen molar-refractivity contribution in [2.75, 3.05) is 0 Å². The molecule has 0 aliphatic carbocycles. The van der Waals surface area contributed by atoms with Gasteiger partial charge in [0.1, 0.15) is 5.52 Å². The van der Waals surface area contributed by atoms with E-state index in [1.165, 1.54) is 6.07 Å². The van der Waals surface area contributed by atoms with Crippen LogP contribution < -0.4 is 0 Å². The van der Waals surface area contributed by atoms with Gasteiger partial charge in [-0.2, -0.15) is 0 Å². The SMILES string of the molecule is O=[N+]([O-])c1ccccc1-c1onc2ccccc12. The number of nitro groups is 1. The molecule has 0 spiro atoms. The summed E-state index contributed by atoms with van der Waals surface area (Å²) in [5.41, 5.74) is 1.14. The molecule has 0 aliphatic rings. The highest BCUT2D eigenvalue weighted by atomic mass is 16.6. The van der Waals surface area contributed by atoms with Crippen LogP contribution in [-0.2, 0) is 0 Å². The quantitative estimate of drug-likeness (QED) is 0.508. The van der Waals surface area contributed by atoms with Crippen LogP contribution in [0, 0.1) is 10.1 Å². The Kier molecular flexibility index (Phi) is 2.30. The molecule has 0 atom stereocenters. The first kappa shape index (κ1) is 10.5. The summed E-state index contributed by atoms with van der Waals surface area (Å²) in [7, 11) is 0. The topological polar surface area (TPSA) is 69.2 Å². The van der Waals surface area contributed by atoms with Crippen LogP contribution in [0.15, 0.2) is 53.1 Å². The fourth-order valence-electron chi connectivity index (χ4n) is 1.91. The fourth-order valence-corrected chi connectivity index (χ4v) is 1.91. The Balaban J connectivity index is 2.30. The van der Waals surface area contributed by atoms with Gasteiger partial charge in [0.25, 0.3) is 5.69 Å². The van der Waals surface area contributed by atoms with Gasteiger partial charge in [0, 0.05) is 11.5 Å². The fraction of sp³-hybridized carbons (Fsp3) is 0. The molecule has 18 heavy (non-hydrogen) atoms. The first-order valence-electron chi connectivity index (χ1n) is 5.35. The number of aromatic nitrogens is 1. The van der Waals surface area contributed by atoms with Gasteiger partial charge in [-0.15, -0.1) is 0 Å². The molecule has 0 N–H and O–H groups in total. The molecule has 0 amide bonds. The molecule has 0 saturated carbocycles. The van der Waals surface area contributed by atoms with Gasteiger partial charge in [0.15, 0.2) is 5.76 Å². The molecule has 0 fully saturated rings. The van der Waals surface area contributed by atoms with E-state index in [0.29, 0.717) is 16.8 Å². The first-order valence-corrected chi connectivity index (χ1v) is 5.35. The molecule has 5 heteroatoms. The molecular formula is C13H8N2O3. The first-order chi connectivity index (χ1) is 8.77. The number of fused-ring (bicyclic) bond motifs is 1. The van der Waals surface area contributed by atoms with E-state index in [1.54, 1.807) is 24.3 Å². The zero-order valence-electron chi connectivity index (χ0n) is 9.24. The van der Waals surface area contributed by atoms with E-state index in [4.69, 9.17) is 4.52 Å². The van der Waals surface area contributed by atoms with E-state index >= 15 is 0 Å². The third-order valence-electron chi connectivity index (χ3n) is 2.73. The zero-order chi connectivity index (χ0) is 12.5. The van der Waals surface area contributed by atoms with Gasteiger partial charge in [-0.1, -0.05) is 29.4 Å². The largest absolute Gasteiger partial charge is 0.355 e. The Morgan fingerprint density at radius 2 is 1.78 bits per heavy atom. The summed E-state index contributed by atoms with van der Waals surface area (Å²) in [6, 6.07) is 13.8. The van der Waals surface area contributed by atoms with Crippen molar-refractivity contribution in [3.05, 3.63) is 58.6 Å². The second kappa shape index (κ2) is 3.96. The lowest BCUT2D eigenvalue weighted by atomic mass is 10.1. The van der Waals surface area contributed by atoms with Crippen molar-refractivity contribution in [1.29, 1.82) is 0 Å². The smallest absolute Gasteiger partial charge is 0.280 e. The minimum Gasteiger partial charge on any atom is -0.355 e. The lowest BCUT2D eigenvalue weighted by molar-refractivity contribution is -0.384. The highest BCUT2D eigenvalue weighted by Gasteiger charge is 2.19. The van der Waals surface area contributed by atoms with Crippen LogP contribution in [-0.4, -0.2) is 10.1 Å². The highest BCUT2D eigenvalue weighted by molar-refractivity contribution is 5.93. The Morgan fingerprint density at radius 3 is 2.61 bits per heavy atom. The maximum Gasteiger partial charge on any atom is 0.280 e. The van der Waals surface area contributed by atoms with Crippen LogP contribution in [0.5, 0.6) is 0 Å². The molecule has 1 aromatic heterocycles. The minimum absolute atomic E-state index is 0.0133. The summed E-state index contributed by atoms with van der Waals surface area (Å²) >= 11 is 0. The lowest BCUT2D eigenvalue weighted by Crippen LogP contribution is -1.90. The second-order valence-electron chi connectivity index (χ2n) is 3.80. The number of rotatable bonds is 2. The highest BCUT2D eigenvalue weighted by Crippen LogP contribution is 2.34. The summed E-state index contributed by atoms with van der Waals surface area (Å²) in [5, 5.41) is 15.7. The van der Waals surface area contributed by atoms with Crippen LogP contribution in [0.4, 0.5) is 5.69 Å². The zero-order valence-corrected chi connectivity index (χ0v) is 9.24. The molecule has 3 aromatic rings. The third-order valence-corrected chi connectivity index (χ3v) is 2.73. The van der Waals surface area contributed by atoms with E-state index < -0.39 is 4.92 Å². The number of benzene rings is 2. The summed E-state index contributed by atoms with van der Waals surface area (Å²) in [4.78, 5) is 10.6. The monoisotopic (exact) mass is 240 g/mol. The molecular weight excluding hydrogens is 232 g/mol. The van der Waals surface area contributed by atoms with Gasteiger partial charge in [0.2, 0.25) is 0 Å². The van der Waals surface area contributed by atoms with Crippen LogP contribution in [0.1, 0.15) is 0 Å². The molecule has 3 rings (SSSR count). The second-order valence-corrected chi connectivity index (χ2v) is 3.80. The van der Waals surface area contributed by atoms with Gasteiger partial charge in [-0.05, 0) is 18.2 Å². The predicted octanol–water partition coefficient (Wildman–Crippen LogP) is 3.40. The molecule has 0 saturated heterocycles. The van der Waals surface area contributed by atoms with E-state index in [9.17, 15) is 10.1 Å². The molecule has 0 radical (unpaired) electrons. The van der Waals surface area contributed by atoms with Crippen molar-refractivity contribution in [2.45, 2.75) is 0 Å². The number of nitro benzene ring substituents is 1. The van der Waals surface area contributed by atoms with Gasteiger partial charge in [0.05, 0.1) is 10.5 Å². The number of nitrogens with zero attached hydrogens (tertiary/aromatic N) is 2. The predicted molar refractivity (Wildman–Crippen MR) is 66.1 cm³/mol. The van der Waals surface area contributed by atoms with Crippen molar-refractivity contribution >= 4 is 16.6 Å². The van der Waals surface area contributed by atoms with E-state index in [0.717, 1.165) is 5.39 Å². The number of hydrogen-bond acceptors (Lipinski definition) is 4. The average Bonchev–Trinajstić information content (AvgIpc) is 2.82. The van der Waals surface area contributed by atoms with Crippen molar-refractivity contribution in [3.8, 4) is 11.3 Å². The van der Waals surface area contributed by atoms with E-state index in [2.05, 4.69) is 5.16 Å². The minimum atomic E-state index is -0.424. The summed E-state index contributed by atoms with van der Waals surface area (Å²) < 4.78 is 5.24.